The van der Waals surface area contributed by atoms with Crippen LogP contribution in [0.25, 0.3) is 0 Å². The summed E-state index contributed by atoms with van der Waals surface area (Å²) in [6.07, 6.45) is 2.85. The minimum atomic E-state index is 0.160. The smallest absolute Gasteiger partial charge is 0.134 e. The van der Waals surface area contributed by atoms with Gasteiger partial charge in [-0.3, -0.25) is 4.79 Å². The second-order valence-corrected chi connectivity index (χ2v) is 4.53. The fraction of sp³-hybridized carbons (Fsp3) is 0.467. The number of hydrogen-bond donors (Lipinski definition) is 0. The number of unbranched alkanes of at least 4 members (excludes halogenated alkanes) is 1. The van der Waals surface area contributed by atoms with Crippen molar-refractivity contribution in [1.82, 2.24) is 0 Å². The zero-order chi connectivity index (χ0) is 13.4. The highest BCUT2D eigenvalue weighted by molar-refractivity contribution is 5.78. The number of rotatable bonds is 8. The molecule has 0 bridgehead atoms. The molecule has 98 valence electrons. The van der Waals surface area contributed by atoms with E-state index in [0.29, 0.717) is 19.4 Å². The molecular formula is C15H20O3. The first kappa shape index (κ1) is 14.4. The highest BCUT2D eigenvalue weighted by Crippen LogP contribution is 2.13. The number of carbonyl (C=O) groups is 2. The second kappa shape index (κ2) is 7.64. The van der Waals surface area contributed by atoms with Crippen LogP contribution < -0.4 is 4.74 Å². The van der Waals surface area contributed by atoms with Crippen molar-refractivity contribution in [3.05, 3.63) is 29.8 Å². The fourth-order valence-corrected chi connectivity index (χ4v) is 1.66. The maximum Gasteiger partial charge on any atom is 0.134 e. The lowest BCUT2D eigenvalue weighted by atomic mass is 10.1. The van der Waals surface area contributed by atoms with Crippen LogP contribution in [0.2, 0.25) is 0 Å². The lowest BCUT2D eigenvalue weighted by Gasteiger charge is -2.06. The Hall–Kier alpha value is -1.64. The summed E-state index contributed by atoms with van der Waals surface area (Å²) in [6, 6.07) is 7.57. The third kappa shape index (κ3) is 6.18. The summed E-state index contributed by atoms with van der Waals surface area (Å²) in [5.74, 6) is 1.20. The van der Waals surface area contributed by atoms with Gasteiger partial charge in [0.1, 0.15) is 17.3 Å². The van der Waals surface area contributed by atoms with Gasteiger partial charge in [0, 0.05) is 12.8 Å². The van der Waals surface area contributed by atoms with Crippen LogP contribution in [0.5, 0.6) is 5.75 Å². The first-order chi connectivity index (χ1) is 8.58. The molecule has 1 aromatic carbocycles. The average molecular weight is 248 g/mol. The molecule has 0 aliphatic carbocycles. The van der Waals surface area contributed by atoms with Crippen LogP contribution >= 0.6 is 0 Å². The molecule has 0 aliphatic heterocycles. The van der Waals surface area contributed by atoms with Crippen molar-refractivity contribution < 1.29 is 14.3 Å². The number of ketones is 2. The van der Waals surface area contributed by atoms with Gasteiger partial charge in [0.2, 0.25) is 0 Å². The molecule has 3 nitrogen and oxygen atoms in total. The largest absolute Gasteiger partial charge is 0.494 e. The Balaban J connectivity index is 2.26. The molecule has 0 N–H and O–H groups in total. The normalized spacial score (nSPS) is 10.1. The highest BCUT2D eigenvalue weighted by atomic mass is 16.5. The molecule has 18 heavy (non-hydrogen) atoms. The van der Waals surface area contributed by atoms with Gasteiger partial charge in [-0.1, -0.05) is 12.1 Å². The van der Waals surface area contributed by atoms with E-state index in [2.05, 4.69) is 0 Å². The SMILES string of the molecule is CC(=O)CCCCOc1ccc(CC(C)=O)cc1. The Morgan fingerprint density at radius 1 is 1.00 bits per heavy atom. The number of hydrogen-bond acceptors (Lipinski definition) is 3. The summed E-state index contributed by atoms with van der Waals surface area (Å²) in [6.45, 7) is 3.81. The van der Waals surface area contributed by atoms with Gasteiger partial charge in [-0.25, -0.2) is 0 Å². The standard InChI is InChI=1S/C15H20O3/c1-12(16)5-3-4-10-18-15-8-6-14(7-9-15)11-13(2)17/h6-9H,3-5,10-11H2,1-2H3. The van der Waals surface area contributed by atoms with Crippen LogP contribution in [0.3, 0.4) is 0 Å². The molecule has 0 spiro atoms. The summed E-state index contributed by atoms with van der Waals surface area (Å²) in [7, 11) is 0. The summed E-state index contributed by atoms with van der Waals surface area (Å²) < 4.78 is 5.55. The first-order valence-corrected chi connectivity index (χ1v) is 6.28. The van der Waals surface area contributed by atoms with Gasteiger partial charge in [0.25, 0.3) is 0 Å². The molecule has 0 atom stereocenters. The Morgan fingerprint density at radius 3 is 2.22 bits per heavy atom. The average Bonchev–Trinajstić information content (AvgIpc) is 2.30. The van der Waals surface area contributed by atoms with E-state index in [9.17, 15) is 9.59 Å². The van der Waals surface area contributed by atoms with E-state index >= 15 is 0 Å². The third-order valence-electron chi connectivity index (χ3n) is 2.57. The lowest BCUT2D eigenvalue weighted by Crippen LogP contribution is -2.00. The molecule has 0 amide bonds. The Kier molecular flexibility index (Phi) is 6.12. The van der Waals surface area contributed by atoms with Gasteiger partial charge in [-0.05, 0) is 44.4 Å². The van der Waals surface area contributed by atoms with E-state index in [1.807, 2.05) is 24.3 Å². The van der Waals surface area contributed by atoms with Gasteiger partial charge >= 0.3 is 0 Å². The number of carbonyl (C=O) groups excluding carboxylic acids is 2. The van der Waals surface area contributed by atoms with Crippen molar-refractivity contribution in [1.29, 1.82) is 0 Å². The molecule has 0 aromatic heterocycles. The molecule has 0 radical (unpaired) electrons. The maximum absolute atomic E-state index is 10.9. The molecular weight excluding hydrogens is 228 g/mol. The van der Waals surface area contributed by atoms with Crippen molar-refractivity contribution in [2.24, 2.45) is 0 Å². The van der Waals surface area contributed by atoms with E-state index < -0.39 is 0 Å². The molecule has 0 fully saturated rings. The van der Waals surface area contributed by atoms with Crippen molar-refractivity contribution in [3.63, 3.8) is 0 Å². The minimum Gasteiger partial charge on any atom is -0.494 e. The van der Waals surface area contributed by atoms with Gasteiger partial charge in [-0.2, -0.15) is 0 Å². The zero-order valence-corrected chi connectivity index (χ0v) is 11.1. The molecule has 0 saturated heterocycles. The highest BCUT2D eigenvalue weighted by Gasteiger charge is 1.99. The molecule has 0 heterocycles. The quantitative estimate of drug-likeness (QED) is 0.664. The minimum absolute atomic E-state index is 0.160. The molecule has 3 heteroatoms. The van der Waals surface area contributed by atoms with Gasteiger partial charge < -0.3 is 9.53 Å². The number of Topliss-reactive ketones (excluding diaryl/α,β-unsaturated/α-hetero) is 2. The van der Waals surface area contributed by atoms with E-state index in [0.717, 1.165) is 24.2 Å². The zero-order valence-electron chi connectivity index (χ0n) is 11.1. The summed E-state index contributed by atoms with van der Waals surface area (Å²) >= 11 is 0. The number of ether oxygens (including phenoxy) is 1. The first-order valence-electron chi connectivity index (χ1n) is 6.28. The van der Waals surface area contributed by atoms with Crippen LogP contribution in [0.1, 0.15) is 38.7 Å². The maximum atomic E-state index is 10.9. The van der Waals surface area contributed by atoms with E-state index in [1.54, 1.807) is 13.8 Å². The fourth-order valence-electron chi connectivity index (χ4n) is 1.66. The van der Waals surface area contributed by atoms with E-state index in [1.165, 1.54) is 0 Å². The van der Waals surface area contributed by atoms with Crippen molar-refractivity contribution in [2.75, 3.05) is 6.61 Å². The predicted octanol–water partition coefficient (Wildman–Crippen LogP) is 2.96. The summed E-state index contributed by atoms with van der Waals surface area (Å²) in [5, 5.41) is 0. The monoisotopic (exact) mass is 248 g/mol. The van der Waals surface area contributed by atoms with E-state index in [-0.39, 0.29) is 11.6 Å². The molecule has 1 aromatic rings. The van der Waals surface area contributed by atoms with Gasteiger partial charge in [0.15, 0.2) is 0 Å². The molecule has 0 unspecified atom stereocenters. The number of benzene rings is 1. The third-order valence-corrected chi connectivity index (χ3v) is 2.57. The summed E-state index contributed by atoms with van der Waals surface area (Å²) in [4.78, 5) is 21.7. The molecule has 0 saturated carbocycles. The van der Waals surface area contributed by atoms with Crippen LogP contribution in [0.4, 0.5) is 0 Å². The van der Waals surface area contributed by atoms with Crippen LogP contribution in [-0.4, -0.2) is 18.2 Å². The molecule has 1 rings (SSSR count). The van der Waals surface area contributed by atoms with Crippen molar-refractivity contribution in [3.8, 4) is 5.75 Å². The van der Waals surface area contributed by atoms with E-state index in [4.69, 9.17) is 4.74 Å². The van der Waals surface area contributed by atoms with Crippen molar-refractivity contribution >= 4 is 11.6 Å². The van der Waals surface area contributed by atoms with Gasteiger partial charge in [-0.15, -0.1) is 0 Å². The summed E-state index contributed by atoms with van der Waals surface area (Å²) in [5.41, 5.74) is 1.01. The van der Waals surface area contributed by atoms with Crippen molar-refractivity contribution in [2.45, 2.75) is 39.5 Å². The van der Waals surface area contributed by atoms with Crippen LogP contribution in [0.15, 0.2) is 24.3 Å². The lowest BCUT2D eigenvalue weighted by molar-refractivity contribution is -0.117. The molecule has 0 aliphatic rings. The van der Waals surface area contributed by atoms with Crippen LogP contribution in [0, 0.1) is 0 Å². The van der Waals surface area contributed by atoms with Gasteiger partial charge in [0.05, 0.1) is 6.61 Å². The topological polar surface area (TPSA) is 43.4 Å². The predicted molar refractivity (Wildman–Crippen MR) is 70.9 cm³/mol. The van der Waals surface area contributed by atoms with Crippen LogP contribution in [-0.2, 0) is 16.0 Å². The Labute approximate surface area is 108 Å². The Bertz CT molecular complexity index is 393. The Morgan fingerprint density at radius 2 is 1.67 bits per heavy atom. The second-order valence-electron chi connectivity index (χ2n) is 4.53.